The van der Waals surface area contributed by atoms with Crippen molar-refractivity contribution in [3.05, 3.63) is 50.7 Å². The highest BCUT2D eigenvalue weighted by molar-refractivity contribution is 5.74. The molecule has 1 saturated heterocycles. The minimum absolute atomic E-state index is 0.0793. The molecule has 2 aromatic heterocycles. The van der Waals surface area contributed by atoms with Crippen molar-refractivity contribution in [2.24, 2.45) is 7.05 Å². The van der Waals surface area contributed by atoms with Crippen LogP contribution in [0.25, 0.3) is 11.2 Å². The number of hydrogen-bond acceptors (Lipinski definition) is 6. The summed E-state index contributed by atoms with van der Waals surface area (Å²) in [5.41, 5.74) is 0.767. The molecule has 9 heteroatoms. The van der Waals surface area contributed by atoms with Gasteiger partial charge < -0.3 is 19.3 Å². The van der Waals surface area contributed by atoms with Gasteiger partial charge in [-0.1, -0.05) is 31.9 Å². The van der Waals surface area contributed by atoms with Crippen molar-refractivity contribution in [3.8, 4) is 5.75 Å². The number of fused-ring (bicyclic) bond motifs is 1. The summed E-state index contributed by atoms with van der Waals surface area (Å²) in [5, 5.41) is 10.8. The van der Waals surface area contributed by atoms with Gasteiger partial charge in [0.05, 0.1) is 6.54 Å². The van der Waals surface area contributed by atoms with Crippen LogP contribution in [-0.4, -0.2) is 50.0 Å². The zero-order valence-corrected chi connectivity index (χ0v) is 18.7. The Morgan fingerprint density at radius 3 is 2.66 bits per heavy atom. The summed E-state index contributed by atoms with van der Waals surface area (Å²) in [5.74, 6) is 1.31. The number of aromatic amines is 1. The molecular weight excluding hydrogens is 410 g/mol. The summed E-state index contributed by atoms with van der Waals surface area (Å²) in [7, 11) is 1.59. The van der Waals surface area contributed by atoms with Crippen LogP contribution in [0.15, 0.2) is 33.9 Å². The van der Waals surface area contributed by atoms with E-state index in [1.807, 2.05) is 24.3 Å². The SMILES string of the molecule is CCc1cccc(OCC(O)Cn2c(N3CCCCCC3)nc3c2c(=O)[nH]c(=O)n3C)c1. The van der Waals surface area contributed by atoms with E-state index in [-0.39, 0.29) is 13.2 Å². The van der Waals surface area contributed by atoms with Crippen molar-refractivity contribution >= 4 is 17.1 Å². The highest BCUT2D eigenvalue weighted by Crippen LogP contribution is 2.23. The van der Waals surface area contributed by atoms with Crippen LogP contribution in [0.3, 0.4) is 0 Å². The predicted octanol–water partition coefficient (Wildman–Crippen LogP) is 1.81. The molecule has 1 aliphatic rings. The second-order valence-electron chi connectivity index (χ2n) is 8.38. The Morgan fingerprint density at radius 1 is 1.19 bits per heavy atom. The van der Waals surface area contributed by atoms with Gasteiger partial charge in [0.2, 0.25) is 5.95 Å². The number of aromatic nitrogens is 4. The minimum atomic E-state index is -0.861. The zero-order chi connectivity index (χ0) is 22.7. The van der Waals surface area contributed by atoms with Gasteiger partial charge in [-0.15, -0.1) is 0 Å². The summed E-state index contributed by atoms with van der Waals surface area (Å²) in [6.45, 7) is 3.94. The Kier molecular flexibility index (Phi) is 6.64. The average Bonchev–Trinajstić information content (AvgIpc) is 2.96. The van der Waals surface area contributed by atoms with E-state index < -0.39 is 17.4 Å². The molecule has 1 unspecified atom stereocenters. The molecule has 172 valence electrons. The van der Waals surface area contributed by atoms with Crippen LogP contribution < -0.4 is 20.9 Å². The number of anilines is 1. The molecule has 0 saturated carbocycles. The first-order valence-corrected chi connectivity index (χ1v) is 11.3. The normalized spacial score (nSPS) is 15.7. The van der Waals surface area contributed by atoms with E-state index in [9.17, 15) is 14.7 Å². The quantitative estimate of drug-likeness (QED) is 0.579. The molecule has 3 aromatic rings. The first-order valence-electron chi connectivity index (χ1n) is 11.3. The monoisotopic (exact) mass is 441 g/mol. The third kappa shape index (κ3) is 4.57. The van der Waals surface area contributed by atoms with Crippen LogP contribution in [0.5, 0.6) is 5.75 Å². The van der Waals surface area contributed by atoms with Gasteiger partial charge in [0.25, 0.3) is 5.56 Å². The van der Waals surface area contributed by atoms with Gasteiger partial charge >= 0.3 is 5.69 Å². The second kappa shape index (κ2) is 9.60. The summed E-state index contributed by atoms with van der Waals surface area (Å²) < 4.78 is 8.88. The van der Waals surface area contributed by atoms with Gasteiger partial charge in [0.1, 0.15) is 18.5 Å². The van der Waals surface area contributed by atoms with Crippen LogP contribution in [0.1, 0.15) is 38.2 Å². The fraction of sp³-hybridized carbons (Fsp3) is 0.522. The molecule has 0 amide bonds. The van der Waals surface area contributed by atoms with Crippen molar-refractivity contribution in [1.29, 1.82) is 0 Å². The van der Waals surface area contributed by atoms with E-state index in [1.54, 1.807) is 11.6 Å². The number of aliphatic hydroxyl groups excluding tert-OH is 1. The van der Waals surface area contributed by atoms with Crippen molar-refractivity contribution in [1.82, 2.24) is 19.1 Å². The van der Waals surface area contributed by atoms with Crippen molar-refractivity contribution in [3.63, 3.8) is 0 Å². The van der Waals surface area contributed by atoms with E-state index in [0.717, 1.165) is 50.8 Å². The third-order valence-electron chi connectivity index (χ3n) is 6.02. The highest BCUT2D eigenvalue weighted by atomic mass is 16.5. The maximum atomic E-state index is 12.7. The molecule has 0 spiro atoms. The van der Waals surface area contributed by atoms with Crippen LogP contribution in [0.4, 0.5) is 5.95 Å². The lowest BCUT2D eigenvalue weighted by Crippen LogP contribution is -2.32. The van der Waals surface area contributed by atoms with E-state index >= 15 is 0 Å². The Labute approximate surface area is 186 Å². The number of nitrogens with zero attached hydrogens (tertiary/aromatic N) is 4. The van der Waals surface area contributed by atoms with Crippen LogP contribution in [0, 0.1) is 0 Å². The van der Waals surface area contributed by atoms with Gasteiger partial charge in [-0.2, -0.15) is 4.98 Å². The topological polar surface area (TPSA) is 105 Å². The first kappa shape index (κ1) is 22.1. The lowest BCUT2D eigenvalue weighted by Gasteiger charge is -2.23. The number of aliphatic hydroxyl groups is 1. The van der Waals surface area contributed by atoms with Crippen molar-refractivity contribution in [2.45, 2.75) is 51.7 Å². The molecule has 32 heavy (non-hydrogen) atoms. The van der Waals surface area contributed by atoms with Crippen LogP contribution >= 0.6 is 0 Å². The third-order valence-corrected chi connectivity index (χ3v) is 6.02. The molecule has 4 rings (SSSR count). The first-order chi connectivity index (χ1) is 15.5. The molecule has 0 aliphatic carbocycles. The van der Waals surface area contributed by atoms with Gasteiger partial charge in [-0.05, 0) is 37.0 Å². The Morgan fingerprint density at radius 2 is 1.94 bits per heavy atom. The van der Waals surface area contributed by atoms with Crippen molar-refractivity contribution in [2.75, 3.05) is 24.6 Å². The minimum Gasteiger partial charge on any atom is -0.491 e. The van der Waals surface area contributed by atoms with Gasteiger partial charge in [0.15, 0.2) is 11.2 Å². The molecule has 1 aromatic carbocycles. The summed E-state index contributed by atoms with van der Waals surface area (Å²) in [4.78, 5) is 34.0. The zero-order valence-electron chi connectivity index (χ0n) is 18.7. The van der Waals surface area contributed by atoms with Gasteiger partial charge in [-0.3, -0.25) is 14.3 Å². The lowest BCUT2D eigenvalue weighted by molar-refractivity contribution is 0.0936. The number of benzene rings is 1. The molecule has 1 fully saturated rings. The standard InChI is InChI=1S/C23H31N5O4/c1-3-16-9-8-10-18(13-16)32-15-17(29)14-28-19-20(26(2)23(31)25-21(19)30)24-22(28)27-11-6-4-5-7-12-27/h8-10,13,17,29H,3-7,11-12,14-15H2,1-2H3,(H,25,30,31). The largest absolute Gasteiger partial charge is 0.491 e. The predicted molar refractivity (Wildman–Crippen MR) is 124 cm³/mol. The Bertz CT molecular complexity index is 1190. The number of H-pyrrole nitrogens is 1. The lowest BCUT2D eigenvalue weighted by atomic mass is 10.2. The molecule has 9 nitrogen and oxygen atoms in total. The highest BCUT2D eigenvalue weighted by Gasteiger charge is 2.24. The average molecular weight is 442 g/mol. The number of rotatable bonds is 7. The van der Waals surface area contributed by atoms with E-state index in [1.165, 1.54) is 4.57 Å². The number of ether oxygens (including phenoxy) is 1. The summed E-state index contributed by atoms with van der Waals surface area (Å²) in [6, 6.07) is 7.79. The number of aryl methyl sites for hydroxylation is 2. The number of hydrogen-bond donors (Lipinski definition) is 2. The van der Waals surface area contributed by atoms with E-state index in [2.05, 4.69) is 21.8 Å². The molecule has 3 heterocycles. The maximum absolute atomic E-state index is 12.7. The van der Waals surface area contributed by atoms with E-state index in [4.69, 9.17) is 4.74 Å². The Balaban J connectivity index is 1.64. The maximum Gasteiger partial charge on any atom is 0.329 e. The van der Waals surface area contributed by atoms with Crippen LogP contribution in [-0.2, 0) is 20.0 Å². The molecule has 1 atom stereocenters. The molecule has 0 radical (unpaired) electrons. The summed E-state index contributed by atoms with van der Waals surface area (Å²) in [6.07, 6.45) is 4.43. The smallest absolute Gasteiger partial charge is 0.329 e. The Hall–Kier alpha value is -3.07. The molecular formula is C23H31N5O4. The van der Waals surface area contributed by atoms with E-state index in [0.29, 0.717) is 22.9 Å². The molecule has 0 bridgehead atoms. The fourth-order valence-electron chi connectivity index (χ4n) is 4.22. The van der Waals surface area contributed by atoms with Crippen LogP contribution in [0.2, 0.25) is 0 Å². The molecule has 2 N–H and O–H groups in total. The number of imidazole rings is 1. The second-order valence-corrected chi connectivity index (χ2v) is 8.38. The fourth-order valence-corrected chi connectivity index (χ4v) is 4.22. The summed E-state index contributed by atoms with van der Waals surface area (Å²) >= 11 is 0. The molecule has 1 aliphatic heterocycles. The van der Waals surface area contributed by atoms with Gasteiger partial charge in [0, 0.05) is 20.1 Å². The number of nitrogens with one attached hydrogen (secondary N) is 1. The van der Waals surface area contributed by atoms with Gasteiger partial charge in [-0.25, -0.2) is 4.79 Å². The van der Waals surface area contributed by atoms with Crippen molar-refractivity contribution < 1.29 is 9.84 Å².